The van der Waals surface area contributed by atoms with Gasteiger partial charge in [-0.05, 0) is 55.0 Å². The first-order valence-electron chi connectivity index (χ1n) is 8.56. The quantitative estimate of drug-likeness (QED) is 0.454. The van der Waals surface area contributed by atoms with Gasteiger partial charge in [0.05, 0.1) is 16.3 Å². The third-order valence-corrected chi connectivity index (χ3v) is 4.51. The molecule has 3 rings (SSSR count). The van der Waals surface area contributed by atoms with E-state index in [1.165, 1.54) is 12.3 Å². The third kappa shape index (κ3) is 5.40. The van der Waals surface area contributed by atoms with Crippen molar-refractivity contribution in [2.24, 2.45) is 5.10 Å². The van der Waals surface area contributed by atoms with Crippen LogP contribution in [0, 0.1) is 0 Å². The molecule has 0 aliphatic heterocycles. The summed E-state index contributed by atoms with van der Waals surface area (Å²) in [6.45, 7) is 1.76. The van der Waals surface area contributed by atoms with Crippen molar-refractivity contribution in [3.05, 3.63) is 93.7 Å². The monoisotopic (exact) mass is 426 g/mol. The molecule has 3 aromatic rings. The lowest BCUT2D eigenvalue weighted by Gasteiger charge is -2.08. The van der Waals surface area contributed by atoms with Crippen molar-refractivity contribution in [1.29, 1.82) is 0 Å². The van der Waals surface area contributed by atoms with Crippen LogP contribution in [0.25, 0.3) is 0 Å². The minimum absolute atomic E-state index is 0.276. The van der Waals surface area contributed by atoms with Crippen molar-refractivity contribution < 1.29 is 9.59 Å². The second kappa shape index (κ2) is 9.32. The van der Waals surface area contributed by atoms with Crippen molar-refractivity contribution in [2.75, 3.05) is 5.32 Å². The fourth-order valence-electron chi connectivity index (χ4n) is 2.42. The summed E-state index contributed by atoms with van der Waals surface area (Å²) in [6.07, 6.45) is 1.54. The molecule has 0 aliphatic rings. The van der Waals surface area contributed by atoms with Gasteiger partial charge in [-0.25, -0.2) is 5.43 Å². The Labute approximate surface area is 177 Å². The molecule has 1 aromatic heterocycles. The van der Waals surface area contributed by atoms with Gasteiger partial charge in [0.1, 0.15) is 5.69 Å². The Hall–Kier alpha value is -3.22. The molecule has 0 saturated heterocycles. The van der Waals surface area contributed by atoms with E-state index in [-0.39, 0.29) is 16.6 Å². The normalized spacial score (nSPS) is 11.1. The maximum Gasteiger partial charge on any atom is 0.289 e. The number of halogens is 2. The fraction of sp³-hybridized carbons (Fsp3) is 0.0476. The molecular formula is C21H16Cl2N4O2. The van der Waals surface area contributed by atoms with Gasteiger partial charge in [-0.1, -0.05) is 41.4 Å². The first-order chi connectivity index (χ1) is 13.9. The first kappa shape index (κ1) is 20.5. The Morgan fingerprint density at radius 3 is 2.38 bits per heavy atom. The van der Waals surface area contributed by atoms with Gasteiger partial charge in [-0.2, -0.15) is 5.10 Å². The number of hydrogen-bond acceptors (Lipinski definition) is 4. The highest BCUT2D eigenvalue weighted by Crippen LogP contribution is 2.22. The average Bonchev–Trinajstić information content (AvgIpc) is 2.72. The molecule has 1 heterocycles. The smallest absolute Gasteiger partial charge is 0.289 e. The van der Waals surface area contributed by atoms with Gasteiger partial charge >= 0.3 is 0 Å². The van der Waals surface area contributed by atoms with Crippen LogP contribution in [0.2, 0.25) is 10.0 Å². The number of benzene rings is 2. The van der Waals surface area contributed by atoms with Gasteiger partial charge in [0.2, 0.25) is 0 Å². The molecule has 2 N–H and O–H groups in total. The zero-order chi connectivity index (χ0) is 20.8. The van der Waals surface area contributed by atoms with Gasteiger partial charge < -0.3 is 5.32 Å². The number of carbonyl (C=O) groups is 2. The predicted octanol–water partition coefficient (Wildman–Crippen LogP) is 4.79. The summed E-state index contributed by atoms with van der Waals surface area (Å²) < 4.78 is 0. The van der Waals surface area contributed by atoms with Crippen LogP contribution in [0.4, 0.5) is 5.69 Å². The lowest BCUT2D eigenvalue weighted by Crippen LogP contribution is -2.20. The lowest BCUT2D eigenvalue weighted by atomic mass is 10.1. The predicted molar refractivity (Wildman–Crippen MR) is 115 cm³/mol. The van der Waals surface area contributed by atoms with Gasteiger partial charge in [0.25, 0.3) is 11.8 Å². The van der Waals surface area contributed by atoms with Gasteiger partial charge in [-0.15, -0.1) is 0 Å². The highest BCUT2D eigenvalue weighted by atomic mass is 35.5. The SMILES string of the molecule is C/C(=N\NC(=O)c1ccccn1)c1ccc(NC(=O)c2ccc(Cl)cc2Cl)cc1. The van der Waals surface area contributed by atoms with Crippen LogP contribution in [0.5, 0.6) is 0 Å². The number of nitrogens with one attached hydrogen (secondary N) is 2. The molecular weight excluding hydrogens is 411 g/mol. The van der Waals surface area contributed by atoms with E-state index in [0.717, 1.165) is 5.56 Å². The van der Waals surface area contributed by atoms with E-state index in [4.69, 9.17) is 23.2 Å². The summed E-state index contributed by atoms with van der Waals surface area (Å²) in [5.74, 6) is -0.735. The van der Waals surface area contributed by atoms with Gasteiger partial charge in [0, 0.05) is 16.9 Å². The van der Waals surface area contributed by atoms with Crippen molar-refractivity contribution in [3.63, 3.8) is 0 Å². The third-order valence-electron chi connectivity index (χ3n) is 3.96. The molecule has 8 heteroatoms. The van der Waals surface area contributed by atoms with Gasteiger partial charge in [-0.3, -0.25) is 14.6 Å². The topological polar surface area (TPSA) is 83.4 Å². The summed E-state index contributed by atoms with van der Waals surface area (Å²) in [7, 11) is 0. The average molecular weight is 427 g/mol. The largest absolute Gasteiger partial charge is 0.322 e. The molecule has 0 saturated carbocycles. The van der Waals surface area contributed by atoms with Crippen LogP contribution in [0.15, 0.2) is 72.0 Å². The molecule has 0 spiro atoms. The van der Waals surface area contributed by atoms with Crippen molar-refractivity contribution in [2.45, 2.75) is 6.92 Å². The van der Waals surface area contributed by atoms with Crippen LogP contribution in [-0.4, -0.2) is 22.5 Å². The second-order valence-corrected chi connectivity index (χ2v) is 6.85. The van der Waals surface area contributed by atoms with E-state index in [1.54, 1.807) is 61.5 Å². The van der Waals surface area contributed by atoms with E-state index >= 15 is 0 Å². The summed E-state index contributed by atoms with van der Waals surface area (Å²) >= 11 is 11.9. The Bertz CT molecular complexity index is 1070. The fourth-order valence-corrected chi connectivity index (χ4v) is 2.91. The van der Waals surface area contributed by atoms with Crippen LogP contribution >= 0.6 is 23.2 Å². The number of nitrogens with zero attached hydrogens (tertiary/aromatic N) is 2. The van der Waals surface area contributed by atoms with E-state index in [9.17, 15) is 9.59 Å². The zero-order valence-electron chi connectivity index (χ0n) is 15.3. The molecule has 146 valence electrons. The lowest BCUT2D eigenvalue weighted by molar-refractivity contribution is 0.0949. The molecule has 6 nitrogen and oxygen atoms in total. The van der Waals surface area contributed by atoms with Crippen LogP contribution in [-0.2, 0) is 0 Å². The molecule has 0 bridgehead atoms. The second-order valence-electron chi connectivity index (χ2n) is 6.01. The van der Waals surface area contributed by atoms with Crippen LogP contribution < -0.4 is 10.7 Å². The molecule has 0 fully saturated rings. The zero-order valence-corrected chi connectivity index (χ0v) is 16.8. The molecule has 0 aliphatic carbocycles. The Morgan fingerprint density at radius 1 is 0.966 bits per heavy atom. The van der Waals surface area contributed by atoms with Crippen molar-refractivity contribution >= 4 is 46.4 Å². The number of pyridine rings is 1. The number of amides is 2. The van der Waals surface area contributed by atoms with Crippen molar-refractivity contribution in [3.8, 4) is 0 Å². The molecule has 0 unspecified atom stereocenters. The van der Waals surface area contributed by atoms with Crippen LogP contribution in [0.1, 0.15) is 33.3 Å². The first-order valence-corrected chi connectivity index (χ1v) is 9.32. The highest BCUT2D eigenvalue weighted by molar-refractivity contribution is 6.37. The summed E-state index contributed by atoms with van der Waals surface area (Å²) in [4.78, 5) is 28.3. The maximum atomic E-state index is 12.4. The Kier molecular flexibility index (Phi) is 6.59. The number of carbonyl (C=O) groups excluding carboxylic acids is 2. The van der Waals surface area contributed by atoms with Crippen molar-refractivity contribution in [1.82, 2.24) is 10.4 Å². The van der Waals surface area contributed by atoms with E-state index in [2.05, 4.69) is 20.8 Å². The number of anilines is 1. The minimum Gasteiger partial charge on any atom is -0.322 e. The number of rotatable bonds is 5. The molecule has 0 radical (unpaired) electrons. The number of hydrazone groups is 1. The van der Waals surface area contributed by atoms with E-state index in [1.807, 2.05) is 0 Å². The number of hydrogen-bond donors (Lipinski definition) is 2. The molecule has 2 aromatic carbocycles. The Balaban J connectivity index is 1.64. The highest BCUT2D eigenvalue weighted by Gasteiger charge is 2.11. The Morgan fingerprint density at radius 2 is 1.72 bits per heavy atom. The van der Waals surface area contributed by atoms with Gasteiger partial charge in [0.15, 0.2) is 0 Å². The summed E-state index contributed by atoms with van der Waals surface area (Å²) in [5.41, 5.74) is 5.06. The molecule has 29 heavy (non-hydrogen) atoms. The summed E-state index contributed by atoms with van der Waals surface area (Å²) in [5, 5.41) is 7.60. The standard InChI is InChI=1S/C21H16Cl2N4O2/c1-13(26-27-21(29)19-4-2-3-11-24-19)14-5-8-16(9-6-14)25-20(28)17-10-7-15(22)12-18(17)23/h2-12H,1H3,(H,25,28)(H,27,29)/b26-13+. The number of aromatic nitrogens is 1. The van der Waals surface area contributed by atoms with E-state index < -0.39 is 5.91 Å². The van der Waals surface area contributed by atoms with Crippen LogP contribution in [0.3, 0.4) is 0 Å². The minimum atomic E-state index is -0.395. The molecule has 2 amide bonds. The van der Waals surface area contributed by atoms with E-state index in [0.29, 0.717) is 22.0 Å². The molecule has 0 atom stereocenters. The summed E-state index contributed by atoms with van der Waals surface area (Å²) in [6, 6.07) is 16.8. The maximum absolute atomic E-state index is 12.4.